The van der Waals surface area contributed by atoms with Crippen molar-refractivity contribution in [1.82, 2.24) is 24.8 Å². The van der Waals surface area contributed by atoms with Crippen LogP contribution in [0.3, 0.4) is 0 Å². The number of hydrogen-bond acceptors (Lipinski definition) is 5. The second-order valence-corrected chi connectivity index (χ2v) is 8.78. The van der Waals surface area contributed by atoms with Crippen LogP contribution in [-0.2, 0) is 16.0 Å². The molecule has 1 saturated heterocycles. The molecule has 34 heavy (non-hydrogen) atoms. The van der Waals surface area contributed by atoms with E-state index in [4.69, 9.17) is 11.6 Å². The number of alkyl halides is 3. The van der Waals surface area contributed by atoms with Crippen LogP contribution in [0.1, 0.15) is 30.1 Å². The maximum atomic E-state index is 14.0. The number of β-lactam (4-membered cyclic amide) rings is 1. The van der Waals surface area contributed by atoms with E-state index in [0.29, 0.717) is 27.9 Å². The molecule has 1 fully saturated rings. The van der Waals surface area contributed by atoms with Crippen LogP contribution in [0.5, 0.6) is 0 Å². The molecule has 2 amide bonds. The molecule has 2 aliphatic rings. The fraction of sp³-hybridized carbons (Fsp3) is 0.364. The number of aryl methyl sites for hydroxylation is 1. The number of aromatic nitrogens is 3. The number of carbonyl (C=O) groups excluding carboxylic acids is 2. The number of nitrogens with zero attached hydrogens (tertiary/aromatic N) is 5. The first-order chi connectivity index (χ1) is 16.1. The highest BCUT2D eigenvalue weighted by Gasteiger charge is 2.47. The van der Waals surface area contributed by atoms with E-state index in [1.807, 2.05) is 4.90 Å². The van der Waals surface area contributed by atoms with Crippen LogP contribution < -0.4 is 10.2 Å². The Labute approximate surface area is 197 Å². The van der Waals surface area contributed by atoms with Gasteiger partial charge in [-0.2, -0.15) is 18.3 Å². The average Bonchev–Trinajstić information content (AvgIpc) is 3.16. The van der Waals surface area contributed by atoms with Crippen molar-refractivity contribution in [1.29, 1.82) is 0 Å². The third kappa shape index (κ3) is 3.83. The third-order valence-electron chi connectivity index (χ3n) is 6.21. The predicted octanol–water partition coefficient (Wildman–Crippen LogP) is 3.42. The van der Waals surface area contributed by atoms with E-state index in [0.717, 1.165) is 31.3 Å². The maximum Gasteiger partial charge on any atom is 0.413 e. The molecule has 2 aliphatic heterocycles. The fourth-order valence-corrected chi connectivity index (χ4v) is 4.72. The van der Waals surface area contributed by atoms with E-state index in [1.165, 1.54) is 12.1 Å². The second kappa shape index (κ2) is 8.15. The lowest BCUT2D eigenvalue weighted by Gasteiger charge is -2.36. The highest BCUT2D eigenvalue weighted by molar-refractivity contribution is 6.29. The molecule has 12 heteroatoms. The van der Waals surface area contributed by atoms with Gasteiger partial charge in [0.1, 0.15) is 6.04 Å². The van der Waals surface area contributed by atoms with E-state index in [2.05, 4.69) is 15.4 Å². The van der Waals surface area contributed by atoms with Gasteiger partial charge in [0, 0.05) is 25.3 Å². The Kier molecular flexibility index (Phi) is 5.38. The van der Waals surface area contributed by atoms with Gasteiger partial charge >= 0.3 is 6.18 Å². The molecule has 5 rings (SSSR count). The molecule has 1 aromatic carbocycles. The number of rotatable bonds is 4. The van der Waals surface area contributed by atoms with Crippen molar-refractivity contribution in [3.8, 4) is 0 Å². The summed E-state index contributed by atoms with van der Waals surface area (Å²) in [7, 11) is 1.10. The number of amides is 2. The molecule has 8 nitrogen and oxygen atoms in total. The third-order valence-corrected chi connectivity index (χ3v) is 6.39. The van der Waals surface area contributed by atoms with Gasteiger partial charge in [0.2, 0.25) is 11.8 Å². The first kappa shape index (κ1) is 22.5. The quantitative estimate of drug-likeness (QED) is 0.564. The molecular formula is C22H20ClF3N6O2. The van der Waals surface area contributed by atoms with E-state index >= 15 is 0 Å². The summed E-state index contributed by atoms with van der Waals surface area (Å²) in [4.78, 5) is 30.6. The lowest BCUT2D eigenvalue weighted by atomic mass is 10.00. The zero-order valence-electron chi connectivity index (χ0n) is 18.0. The number of carbonyl (C=O) groups is 2. The van der Waals surface area contributed by atoms with Gasteiger partial charge in [0.25, 0.3) is 0 Å². The summed E-state index contributed by atoms with van der Waals surface area (Å²) in [6.45, 7) is 0.664. The van der Waals surface area contributed by atoms with Crippen LogP contribution in [0.4, 0.5) is 24.5 Å². The molecule has 3 aromatic rings. The van der Waals surface area contributed by atoms with Crippen LogP contribution in [0, 0.1) is 0 Å². The number of nitrogens with one attached hydrogen (secondary N) is 1. The molecule has 0 aliphatic carbocycles. The monoisotopic (exact) mass is 492 g/mol. The lowest BCUT2D eigenvalue weighted by Crippen LogP contribution is -2.58. The summed E-state index contributed by atoms with van der Waals surface area (Å²) in [6, 6.07) is 4.57. The second-order valence-electron chi connectivity index (χ2n) is 8.39. The number of halogens is 4. The summed E-state index contributed by atoms with van der Waals surface area (Å²) in [5.74, 6) is -1.13. The topological polar surface area (TPSA) is 82.8 Å². The highest BCUT2D eigenvalue weighted by atomic mass is 35.5. The van der Waals surface area contributed by atoms with Crippen molar-refractivity contribution in [2.75, 3.05) is 18.5 Å². The number of anilines is 2. The molecule has 2 atom stereocenters. The van der Waals surface area contributed by atoms with Gasteiger partial charge in [0.15, 0.2) is 16.8 Å². The smallest absolute Gasteiger partial charge is 0.344 e. The van der Waals surface area contributed by atoms with Gasteiger partial charge < -0.3 is 15.1 Å². The summed E-state index contributed by atoms with van der Waals surface area (Å²) in [5, 5.41) is 6.96. The maximum absolute atomic E-state index is 14.0. The first-order valence-corrected chi connectivity index (χ1v) is 11.0. The van der Waals surface area contributed by atoms with Gasteiger partial charge in [0.05, 0.1) is 24.0 Å². The summed E-state index contributed by atoms with van der Waals surface area (Å²) < 4.78 is 43.6. The van der Waals surface area contributed by atoms with E-state index in [1.54, 1.807) is 28.9 Å². The van der Waals surface area contributed by atoms with Gasteiger partial charge in [-0.1, -0.05) is 23.7 Å². The Morgan fingerprint density at radius 2 is 2.00 bits per heavy atom. The van der Waals surface area contributed by atoms with Gasteiger partial charge in [-0.15, -0.1) is 0 Å². The van der Waals surface area contributed by atoms with E-state index in [-0.39, 0.29) is 17.9 Å². The Balaban J connectivity index is 1.44. The molecule has 4 heterocycles. The van der Waals surface area contributed by atoms with Crippen LogP contribution in [0.15, 0.2) is 36.5 Å². The van der Waals surface area contributed by atoms with Gasteiger partial charge in [-0.25, -0.2) is 9.50 Å². The van der Waals surface area contributed by atoms with Crippen molar-refractivity contribution >= 4 is 40.4 Å². The number of hydrogen-bond donors (Lipinski definition) is 1. The Morgan fingerprint density at radius 1 is 1.29 bits per heavy atom. The largest absolute Gasteiger partial charge is 0.413 e. The predicted molar refractivity (Wildman–Crippen MR) is 118 cm³/mol. The van der Waals surface area contributed by atoms with Crippen LogP contribution >= 0.6 is 11.6 Å². The molecule has 2 aromatic heterocycles. The molecule has 0 unspecified atom stereocenters. The minimum Gasteiger partial charge on any atom is -0.344 e. The molecule has 0 radical (unpaired) electrons. The summed E-state index contributed by atoms with van der Waals surface area (Å²) in [5.41, 5.74) is 3.00. The Hall–Kier alpha value is -3.34. The molecule has 0 saturated carbocycles. The molecule has 178 valence electrons. The summed E-state index contributed by atoms with van der Waals surface area (Å²) in [6.07, 6.45) is -1.49. The van der Waals surface area contributed by atoms with Crippen molar-refractivity contribution in [3.05, 3.63) is 52.9 Å². The van der Waals surface area contributed by atoms with E-state index < -0.39 is 24.2 Å². The van der Waals surface area contributed by atoms with Gasteiger partial charge in [-0.05, 0) is 30.5 Å². The average molecular weight is 493 g/mol. The van der Waals surface area contributed by atoms with Crippen LogP contribution in [0.25, 0.3) is 5.65 Å². The van der Waals surface area contributed by atoms with Crippen LogP contribution in [-0.4, -0.2) is 57.1 Å². The molecular weight excluding hydrogens is 473 g/mol. The Bertz CT molecular complexity index is 1270. The van der Waals surface area contributed by atoms with E-state index in [9.17, 15) is 22.8 Å². The van der Waals surface area contributed by atoms with Crippen molar-refractivity contribution < 1.29 is 22.8 Å². The zero-order valence-corrected chi connectivity index (χ0v) is 18.8. The molecule has 0 spiro atoms. The SMILES string of the molecule is CN(C(=O)[C@H]1CC(=O)N1)[C@@H](c1ccc(N2CCCc3c2cnc2cc(Cl)nn32)cc1)C(F)(F)F. The minimum absolute atomic E-state index is 0.0672. The number of benzene rings is 1. The van der Waals surface area contributed by atoms with Gasteiger partial charge in [-0.3, -0.25) is 9.59 Å². The minimum atomic E-state index is -4.69. The van der Waals surface area contributed by atoms with Crippen molar-refractivity contribution in [2.45, 2.75) is 37.5 Å². The van der Waals surface area contributed by atoms with Crippen molar-refractivity contribution in [3.63, 3.8) is 0 Å². The zero-order chi connectivity index (χ0) is 24.2. The molecule has 0 bridgehead atoms. The van der Waals surface area contributed by atoms with Crippen LogP contribution in [0.2, 0.25) is 5.15 Å². The normalized spacial score (nSPS) is 18.8. The number of fused-ring (bicyclic) bond motifs is 3. The highest BCUT2D eigenvalue weighted by Crippen LogP contribution is 2.39. The number of likely N-dealkylation sites (N-methyl/N-ethyl adjacent to an activating group) is 1. The summed E-state index contributed by atoms with van der Waals surface area (Å²) >= 11 is 6.02. The fourth-order valence-electron chi connectivity index (χ4n) is 4.55. The first-order valence-electron chi connectivity index (χ1n) is 10.7. The molecule has 1 N–H and O–H groups in total. The lowest BCUT2D eigenvalue weighted by molar-refractivity contribution is -0.190. The Morgan fingerprint density at radius 3 is 2.65 bits per heavy atom. The standard InChI is InChI=1S/C22H20ClF3N6O2/c1-30(21(34)14-9-19(33)28-14)20(22(24,25)26)12-4-6-13(7-5-12)31-8-2-3-15-16(31)11-27-18-10-17(23)29-32(15)18/h4-7,10-11,14,20H,2-3,8-9H2,1H3,(H,28,33)/t14-,20+/m1/s1. The van der Waals surface area contributed by atoms with Crippen molar-refractivity contribution in [2.24, 2.45) is 0 Å².